The quantitative estimate of drug-likeness (QED) is 0.856. The number of aliphatic hydroxyl groups is 1. The summed E-state index contributed by atoms with van der Waals surface area (Å²) < 4.78 is 1.91. The van der Waals surface area contributed by atoms with Gasteiger partial charge in [0.15, 0.2) is 0 Å². The number of amides is 1. The Bertz CT molecular complexity index is 408. The van der Waals surface area contributed by atoms with E-state index in [9.17, 15) is 9.90 Å². The molecule has 1 fully saturated rings. The van der Waals surface area contributed by atoms with E-state index < -0.39 is 6.10 Å². The Kier molecular flexibility index (Phi) is 5.02. The summed E-state index contributed by atoms with van der Waals surface area (Å²) in [4.78, 5) is 11.9. The average molecular weight is 264 g/mol. The van der Waals surface area contributed by atoms with Crippen LogP contribution in [0.4, 0.5) is 0 Å². The summed E-state index contributed by atoms with van der Waals surface area (Å²) in [7, 11) is 1.92. The van der Waals surface area contributed by atoms with Crippen molar-refractivity contribution in [3.8, 4) is 0 Å². The lowest BCUT2D eigenvalue weighted by Crippen LogP contribution is -2.33. The van der Waals surface area contributed by atoms with Gasteiger partial charge in [0.2, 0.25) is 5.91 Å². The lowest BCUT2D eigenvalue weighted by atomic mass is 9.88. The zero-order valence-corrected chi connectivity index (χ0v) is 11.6. The lowest BCUT2D eigenvalue weighted by Gasteiger charge is -2.21. The Morgan fingerprint density at radius 2 is 2.21 bits per heavy atom. The van der Waals surface area contributed by atoms with Crippen LogP contribution in [0.3, 0.4) is 0 Å². The molecule has 0 radical (unpaired) electrons. The van der Waals surface area contributed by atoms with Crippen LogP contribution < -0.4 is 5.32 Å². The normalized spacial score (nSPS) is 18.2. The molecule has 2 rings (SSSR count). The molecule has 0 aromatic carbocycles. The highest BCUT2D eigenvalue weighted by atomic mass is 16.3. The predicted molar refractivity (Wildman–Crippen MR) is 74.6 cm³/mol. The van der Waals surface area contributed by atoms with Crippen molar-refractivity contribution in [1.82, 2.24) is 9.88 Å². The fourth-order valence-corrected chi connectivity index (χ4v) is 2.81. The van der Waals surface area contributed by atoms with Crippen molar-refractivity contribution < 1.29 is 9.90 Å². The minimum absolute atomic E-state index is 0.166. The molecule has 1 heterocycles. The number of nitrogens with one attached hydrogen (secondary N) is 1. The first-order valence-corrected chi connectivity index (χ1v) is 7.25. The van der Waals surface area contributed by atoms with Gasteiger partial charge in [-0.05, 0) is 31.4 Å². The first-order chi connectivity index (χ1) is 9.18. The first kappa shape index (κ1) is 14.1. The molecule has 1 amide bonds. The number of hydrogen-bond donors (Lipinski definition) is 2. The molecular formula is C15H24N2O2. The molecule has 1 unspecified atom stereocenters. The highest BCUT2D eigenvalue weighted by Crippen LogP contribution is 2.23. The molecule has 4 nitrogen and oxygen atoms in total. The van der Waals surface area contributed by atoms with Crippen LogP contribution in [0.2, 0.25) is 0 Å². The van der Waals surface area contributed by atoms with Crippen molar-refractivity contribution >= 4 is 5.91 Å². The standard InChI is InChI=1S/C15H24N2O2/c1-17-11-5-8-13(17)14(18)9-10-16-15(19)12-6-3-2-4-7-12/h5,8,11-12,14,18H,2-4,6-7,9-10H2,1H3,(H,16,19). The van der Waals surface area contributed by atoms with Gasteiger partial charge >= 0.3 is 0 Å². The van der Waals surface area contributed by atoms with E-state index in [-0.39, 0.29) is 11.8 Å². The van der Waals surface area contributed by atoms with Crippen molar-refractivity contribution in [2.45, 2.75) is 44.6 Å². The second kappa shape index (κ2) is 6.75. The van der Waals surface area contributed by atoms with Crippen LogP contribution in [0.15, 0.2) is 18.3 Å². The smallest absolute Gasteiger partial charge is 0.223 e. The fraction of sp³-hybridized carbons (Fsp3) is 0.667. The van der Waals surface area contributed by atoms with Crippen LogP contribution in [0.5, 0.6) is 0 Å². The molecular weight excluding hydrogens is 240 g/mol. The maximum absolute atomic E-state index is 11.9. The van der Waals surface area contributed by atoms with Gasteiger partial charge in [-0.2, -0.15) is 0 Å². The summed E-state index contributed by atoms with van der Waals surface area (Å²) in [5.41, 5.74) is 0.895. The highest BCUT2D eigenvalue weighted by Gasteiger charge is 2.20. The Morgan fingerprint density at radius 3 is 2.84 bits per heavy atom. The van der Waals surface area contributed by atoms with Gasteiger partial charge in [-0.15, -0.1) is 0 Å². The number of aliphatic hydroxyl groups excluding tert-OH is 1. The molecule has 1 aromatic heterocycles. The molecule has 1 saturated carbocycles. The second-order valence-electron chi connectivity index (χ2n) is 5.47. The van der Waals surface area contributed by atoms with Gasteiger partial charge in [0.05, 0.1) is 6.10 Å². The number of hydrogen-bond acceptors (Lipinski definition) is 2. The first-order valence-electron chi connectivity index (χ1n) is 7.25. The second-order valence-corrected chi connectivity index (χ2v) is 5.47. The van der Waals surface area contributed by atoms with E-state index >= 15 is 0 Å². The van der Waals surface area contributed by atoms with Gasteiger partial charge in [-0.1, -0.05) is 19.3 Å². The molecule has 1 atom stereocenters. The van der Waals surface area contributed by atoms with Crippen LogP contribution in [-0.4, -0.2) is 22.1 Å². The lowest BCUT2D eigenvalue weighted by molar-refractivity contribution is -0.126. The van der Waals surface area contributed by atoms with Gasteiger partial charge in [0, 0.05) is 31.4 Å². The third-order valence-electron chi connectivity index (χ3n) is 4.02. The maximum Gasteiger partial charge on any atom is 0.223 e. The summed E-state index contributed by atoms with van der Waals surface area (Å²) in [6.45, 7) is 0.543. The fourth-order valence-electron chi connectivity index (χ4n) is 2.81. The third kappa shape index (κ3) is 3.83. The van der Waals surface area contributed by atoms with Crippen molar-refractivity contribution in [3.63, 3.8) is 0 Å². The molecule has 0 saturated heterocycles. The van der Waals surface area contributed by atoms with E-state index in [0.29, 0.717) is 13.0 Å². The zero-order valence-electron chi connectivity index (χ0n) is 11.6. The van der Waals surface area contributed by atoms with E-state index in [0.717, 1.165) is 18.5 Å². The van der Waals surface area contributed by atoms with E-state index in [2.05, 4.69) is 5.32 Å². The third-order valence-corrected chi connectivity index (χ3v) is 4.02. The number of carbonyl (C=O) groups is 1. The predicted octanol–water partition coefficient (Wildman–Crippen LogP) is 2.15. The molecule has 106 valence electrons. The van der Waals surface area contributed by atoms with E-state index in [1.54, 1.807) is 0 Å². The van der Waals surface area contributed by atoms with Gasteiger partial charge < -0.3 is 15.0 Å². The van der Waals surface area contributed by atoms with E-state index in [1.807, 2.05) is 29.9 Å². The van der Waals surface area contributed by atoms with Crippen molar-refractivity contribution in [2.75, 3.05) is 6.54 Å². The number of rotatable bonds is 5. The SMILES string of the molecule is Cn1cccc1C(O)CCNC(=O)C1CCCCC1. The van der Waals surface area contributed by atoms with Crippen LogP contribution in [0, 0.1) is 5.92 Å². The van der Waals surface area contributed by atoms with Crippen LogP contribution in [-0.2, 0) is 11.8 Å². The summed E-state index contributed by atoms with van der Waals surface area (Å²) in [5.74, 6) is 0.361. The Morgan fingerprint density at radius 1 is 1.47 bits per heavy atom. The van der Waals surface area contributed by atoms with Crippen LogP contribution in [0.25, 0.3) is 0 Å². The average Bonchev–Trinajstić information content (AvgIpc) is 2.86. The molecule has 0 bridgehead atoms. The molecule has 2 N–H and O–H groups in total. The molecule has 0 aliphatic heterocycles. The number of carbonyl (C=O) groups excluding carboxylic acids is 1. The zero-order chi connectivity index (χ0) is 13.7. The van der Waals surface area contributed by atoms with Crippen molar-refractivity contribution in [2.24, 2.45) is 13.0 Å². The molecule has 1 aliphatic rings. The monoisotopic (exact) mass is 264 g/mol. The summed E-state index contributed by atoms with van der Waals surface area (Å²) >= 11 is 0. The topological polar surface area (TPSA) is 54.3 Å². The summed E-state index contributed by atoms with van der Waals surface area (Å²) in [5, 5.41) is 13.0. The van der Waals surface area contributed by atoms with Crippen LogP contribution >= 0.6 is 0 Å². The molecule has 1 aromatic rings. The highest BCUT2D eigenvalue weighted by molar-refractivity contribution is 5.78. The Labute approximate surface area is 114 Å². The molecule has 1 aliphatic carbocycles. The van der Waals surface area contributed by atoms with Crippen LogP contribution in [0.1, 0.15) is 50.3 Å². The van der Waals surface area contributed by atoms with Gasteiger partial charge in [0.1, 0.15) is 0 Å². The van der Waals surface area contributed by atoms with Gasteiger partial charge in [0.25, 0.3) is 0 Å². The van der Waals surface area contributed by atoms with E-state index in [4.69, 9.17) is 0 Å². The Balaban J connectivity index is 1.71. The number of aryl methyl sites for hydroxylation is 1. The van der Waals surface area contributed by atoms with Gasteiger partial charge in [-0.3, -0.25) is 4.79 Å². The largest absolute Gasteiger partial charge is 0.387 e. The number of aromatic nitrogens is 1. The van der Waals surface area contributed by atoms with Crippen molar-refractivity contribution in [3.05, 3.63) is 24.0 Å². The minimum atomic E-state index is -0.508. The maximum atomic E-state index is 11.9. The Hall–Kier alpha value is -1.29. The summed E-state index contributed by atoms with van der Waals surface area (Å²) in [6, 6.07) is 3.83. The minimum Gasteiger partial charge on any atom is -0.387 e. The number of nitrogens with zero attached hydrogens (tertiary/aromatic N) is 1. The van der Waals surface area contributed by atoms with E-state index in [1.165, 1.54) is 19.3 Å². The van der Waals surface area contributed by atoms with Crippen molar-refractivity contribution in [1.29, 1.82) is 0 Å². The molecule has 4 heteroatoms. The summed E-state index contributed by atoms with van der Waals surface area (Å²) in [6.07, 6.45) is 7.62. The molecule has 19 heavy (non-hydrogen) atoms. The molecule has 0 spiro atoms. The van der Waals surface area contributed by atoms with Gasteiger partial charge in [-0.25, -0.2) is 0 Å².